The highest BCUT2D eigenvalue weighted by molar-refractivity contribution is 6.03. The second-order valence-corrected chi connectivity index (χ2v) is 8.40. The third-order valence-electron chi connectivity index (χ3n) is 5.46. The first kappa shape index (κ1) is 23.3. The van der Waals surface area contributed by atoms with E-state index in [9.17, 15) is 13.6 Å². The van der Waals surface area contributed by atoms with Crippen LogP contribution >= 0.6 is 0 Å². The maximum Gasteiger partial charge on any atom is 0.388 e. The van der Waals surface area contributed by atoms with E-state index in [1.165, 1.54) is 12.3 Å². The number of aryl methyl sites for hydroxylation is 1. The van der Waals surface area contributed by atoms with Gasteiger partial charge in [-0.2, -0.15) is 18.9 Å². The minimum absolute atomic E-state index is 0.0591. The van der Waals surface area contributed by atoms with E-state index in [0.717, 1.165) is 11.1 Å². The lowest BCUT2D eigenvalue weighted by molar-refractivity contribution is -0.118. The number of hydrogen-bond donors (Lipinski definition) is 2. The molecule has 0 aromatic carbocycles. The van der Waals surface area contributed by atoms with Gasteiger partial charge in [-0.15, -0.1) is 0 Å². The number of carbonyl (C=O) groups excluding carboxylic acids is 1. The van der Waals surface area contributed by atoms with Crippen LogP contribution in [0, 0.1) is 12.8 Å². The van der Waals surface area contributed by atoms with Crippen molar-refractivity contribution in [1.82, 2.24) is 24.7 Å². The molecule has 1 amide bonds. The molecule has 0 fully saturated rings. The average Bonchev–Trinajstić information content (AvgIpc) is 3.21. The Kier molecular flexibility index (Phi) is 6.57. The Hall–Kier alpha value is -3.83. The van der Waals surface area contributed by atoms with Gasteiger partial charge in [-0.1, -0.05) is 19.9 Å². The van der Waals surface area contributed by atoms with Crippen LogP contribution in [0.3, 0.4) is 0 Å². The molecule has 3 aromatic rings. The third-order valence-corrected chi connectivity index (χ3v) is 5.46. The number of ether oxygens (including phenoxy) is 1. The first-order chi connectivity index (χ1) is 16.2. The van der Waals surface area contributed by atoms with E-state index in [1.54, 1.807) is 16.9 Å². The molecule has 1 aliphatic rings. The molecular formula is C22H26F2N8O2. The number of aromatic nitrogens is 5. The van der Waals surface area contributed by atoms with Crippen LogP contribution in [0.1, 0.15) is 30.7 Å². The number of hydrogen-bond acceptors (Lipinski definition) is 8. The lowest BCUT2D eigenvalue weighted by Gasteiger charge is -2.36. The molecule has 1 atom stereocenters. The van der Waals surface area contributed by atoms with E-state index in [-0.39, 0.29) is 23.7 Å². The zero-order chi connectivity index (χ0) is 24.4. The van der Waals surface area contributed by atoms with E-state index in [1.807, 2.05) is 38.9 Å². The number of nitrogens with one attached hydrogen (secondary N) is 2. The van der Waals surface area contributed by atoms with E-state index in [2.05, 4.69) is 35.4 Å². The monoisotopic (exact) mass is 472 g/mol. The van der Waals surface area contributed by atoms with E-state index >= 15 is 0 Å². The van der Waals surface area contributed by atoms with Crippen molar-refractivity contribution in [3.63, 3.8) is 0 Å². The molecule has 0 spiro atoms. The number of rotatable bonds is 8. The molecule has 0 aliphatic carbocycles. The zero-order valence-electron chi connectivity index (χ0n) is 19.3. The van der Waals surface area contributed by atoms with Gasteiger partial charge >= 0.3 is 6.61 Å². The number of amides is 1. The van der Waals surface area contributed by atoms with Gasteiger partial charge in [0.1, 0.15) is 11.7 Å². The molecule has 12 heteroatoms. The smallest absolute Gasteiger partial charge is 0.388 e. The molecule has 34 heavy (non-hydrogen) atoms. The molecule has 0 saturated heterocycles. The molecule has 0 unspecified atom stereocenters. The van der Waals surface area contributed by atoms with Crippen molar-refractivity contribution in [2.45, 2.75) is 46.5 Å². The highest BCUT2D eigenvalue weighted by Gasteiger charge is 2.35. The van der Waals surface area contributed by atoms with Crippen molar-refractivity contribution in [2.24, 2.45) is 5.92 Å². The fourth-order valence-electron chi connectivity index (χ4n) is 3.91. The lowest BCUT2D eigenvalue weighted by atomic mass is 9.99. The first-order valence-electron chi connectivity index (χ1n) is 10.8. The second-order valence-electron chi connectivity index (χ2n) is 8.40. The molecule has 4 heterocycles. The van der Waals surface area contributed by atoms with Gasteiger partial charge < -0.3 is 20.3 Å². The van der Waals surface area contributed by atoms with E-state index < -0.39 is 6.61 Å². The van der Waals surface area contributed by atoms with Crippen LogP contribution in [0.15, 0.2) is 30.7 Å². The standard InChI is InChI=1S/C22H26F2N8O2/c1-12(2)18-20(33)29-17-13(3)28-22(30-19(17)31(18)4)26-8-15-9-27-32(11-15)10-14-5-6-16(25-7-14)34-21(23)24/h5-7,9,11-12,18,21H,8,10H2,1-4H3,(H,29,33)(H,26,28,30)/t18-/m1/s1. The SMILES string of the molecule is Cc1nc(NCc2cnn(Cc3ccc(OC(F)F)nc3)c2)nc2c1NC(=O)[C@@H](C(C)C)N2C. The second kappa shape index (κ2) is 9.57. The van der Waals surface area contributed by atoms with Crippen molar-refractivity contribution in [3.8, 4) is 5.88 Å². The Morgan fingerprint density at radius 1 is 1.21 bits per heavy atom. The summed E-state index contributed by atoms with van der Waals surface area (Å²) in [6.45, 7) is 3.80. The lowest BCUT2D eigenvalue weighted by Crippen LogP contribution is -2.49. The highest BCUT2D eigenvalue weighted by Crippen LogP contribution is 2.34. The molecule has 4 rings (SSSR count). The minimum Gasteiger partial charge on any atom is -0.417 e. The number of pyridine rings is 1. The molecule has 10 nitrogen and oxygen atoms in total. The Balaban J connectivity index is 1.41. The normalized spacial score (nSPS) is 15.5. The van der Waals surface area contributed by atoms with Gasteiger partial charge in [0, 0.05) is 37.6 Å². The molecule has 0 bridgehead atoms. The number of fused-ring (bicyclic) bond motifs is 1. The summed E-state index contributed by atoms with van der Waals surface area (Å²) in [5.41, 5.74) is 3.01. The summed E-state index contributed by atoms with van der Waals surface area (Å²) in [6, 6.07) is 2.75. The van der Waals surface area contributed by atoms with Crippen molar-refractivity contribution < 1.29 is 18.3 Å². The Labute approximate surface area is 195 Å². The maximum absolute atomic E-state index is 12.5. The highest BCUT2D eigenvalue weighted by atomic mass is 19.3. The number of alkyl halides is 2. The van der Waals surface area contributed by atoms with Gasteiger partial charge in [0.15, 0.2) is 5.82 Å². The number of anilines is 3. The van der Waals surface area contributed by atoms with Gasteiger partial charge in [-0.05, 0) is 18.4 Å². The predicted octanol–water partition coefficient (Wildman–Crippen LogP) is 3.05. The van der Waals surface area contributed by atoms with E-state index in [4.69, 9.17) is 0 Å². The summed E-state index contributed by atoms with van der Waals surface area (Å²) in [7, 11) is 1.86. The third kappa shape index (κ3) is 5.05. The zero-order valence-corrected chi connectivity index (χ0v) is 19.3. The number of nitrogens with zero attached hydrogens (tertiary/aromatic N) is 6. The summed E-state index contributed by atoms with van der Waals surface area (Å²) in [5, 5.41) is 10.5. The summed E-state index contributed by atoms with van der Waals surface area (Å²) in [4.78, 5) is 27.3. The van der Waals surface area contributed by atoms with Crippen molar-refractivity contribution in [2.75, 3.05) is 22.6 Å². The summed E-state index contributed by atoms with van der Waals surface area (Å²) < 4.78 is 30.5. The quantitative estimate of drug-likeness (QED) is 0.515. The van der Waals surface area contributed by atoms with Crippen molar-refractivity contribution >= 4 is 23.4 Å². The van der Waals surface area contributed by atoms with Crippen molar-refractivity contribution in [3.05, 3.63) is 47.5 Å². The van der Waals surface area contributed by atoms with Gasteiger partial charge in [0.2, 0.25) is 17.7 Å². The fourth-order valence-corrected chi connectivity index (χ4v) is 3.91. The van der Waals surface area contributed by atoms with Crippen LogP contribution in [0.4, 0.5) is 26.2 Å². The first-order valence-corrected chi connectivity index (χ1v) is 10.8. The Morgan fingerprint density at radius 3 is 2.68 bits per heavy atom. The van der Waals surface area contributed by atoms with Crippen LogP contribution < -0.4 is 20.3 Å². The van der Waals surface area contributed by atoms with Crippen LogP contribution in [0.5, 0.6) is 5.88 Å². The van der Waals surface area contributed by atoms with Crippen LogP contribution in [-0.4, -0.2) is 50.3 Å². The Morgan fingerprint density at radius 2 is 2.00 bits per heavy atom. The summed E-state index contributed by atoms with van der Waals surface area (Å²) >= 11 is 0. The summed E-state index contributed by atoms with van der Waals surface area (Å²) in [5.74, 6) is 1.06. The minimum atomic E-state index is -2.90. The number of carbonyl (C=O) groups is 1. The fraction of sp³-hybridized carbons (Fsp3) is 0.409. The molecule has 0 radical (unpaired) electrons. The average molecular weight is 473 g/mol. The van der Waals surface area contributed by atoms with Gasteiger partial charge in [0.25, 0.3) is 0 Å². The predicted molar refractivity (Wildman–Crippen MR) is 122 cm³/mol. The number of halogens is 2. The van der Waals surface area contributed by atoms with E-state index in [0.29, 0.717) is 36.2 Å². The molecule has 2 N–H and O–H groups in total. The summed E-state index contributed by atoms with van der Waals surface area (Å²) in [6.07, 6.45) is 5.06. The molecular weight excluding hydrogens is 446 g/mol. The topological polar surface area (TPSA) is 110 Å². The molecule has 0 saturated carbocycles. The van der Waals surface area contributed by atoms with Gasteiger partial charge in [-0.25, -0.2) is 9.97 Å². The van der Waals surface area contributed by atoms with Crippen LogP contribution in [-0.2, 0) is 17.9 Å². The van der Waals surface area contributed by atoms with Gasteiger partial charge in [0.05, 0.1) is 18.4 Å². The molecule has 1 aliphatic heterocycles. The maximum atomic E-state index is 12.5. The number of likely N-dealkylation sites (N-methyl/N-ethyl adjacent to an activating group) is 1. The van der Waals surface area contributed by atoms with Gasteiger partial charge in [-0.3, -0.25) is 9.48 Å². The van der Waals surface area contributed by atoms with Crippen LogP contribution in [0.2, 0.25) is 0 Å². The Bertz CT molecular complexity index is 1170. The van der Waals surface area contributed by atoms with Crippen molar-refractivity contribution in [1.29, 1.82) is 0 Å². The molecule has 180 valence electrons. The largest absolute Gasteiger partial charge is 0.417 e. The van der Waals surface area contributed by atoms with Crippen LogP contribution in [0.25, 0.3) is 0 Å². The molecule has 3 aromatic heterocycles.